The van der Waals surface area contributed by atoms with Crippen molar-refractivity contribution in [2.45, 2.75) is 104 Å². The molecule has 348 valence electrons. The lowest BCUT2D eigenvalue weighted by Crippen LogP contribution is -2.03. The summed E-state index contributed by atoms with van der Waals surface area (Å²) in [5.74, 6) is -13.6. The average Bonchev–Trinajstić information content (AvgIpc) is 3.29. The van der Waals surface area contributed by atoms with Crippen LogP contribution in [0.4, 0.5) is 43.9 Å². The summed E-state index contributed by atoms with van der Waals surface area (Å²) < 4.78 is 165. The number of ether oxygens (including phenoxy) is 3. The van der Waals surface area contributed by atoms with Gasteiger partial charge in [0.15, 0.2) is 46.3 Å². The van der Waals surface area contributed by atoms with Crippen molar-refractivity contribution in [1.82, 2.24) is 0 Å². The number of aryl methyl sites for hydroxylation is 1. The van der Waals surface area contributed by atoms with Crippen molar-refractivity contribution in [3.05, 3.63) is 124 Å². The van der Waals surface area contributed by atoms with Gasteiger partial charge in [-0.2, -0.15) is 13.2 Å². The molecule has 6 aromatic carbocycles. The summed E-state index contributed by atoms with van der Waals surface area (Å²) >= 11 is 0. The van der Waals surface area contributed by atoms with Crippen molar-refractivity contribution < 1.29 is 58.1 Å². The second-order valence-electron chi connectivity index (χ2n) is 16.4. The van der Waals surface area contributed by atoms with Gasteiger partial charge in [0.05, 0.1) is 30.6 Å². The summed E-state index contributed by atoms with van der Waals surface area (Å²) in [7, 11) is 0. The first-order chi connectivity index (χ1) is 31.3. The maximum atomic E-state index is 15.4. The molecule has 3 nitrogen and oxygen atoms in total. The molecule has 0 radical (unpaired) electrons. The largest absolute Gasteiger partial charge is 0.491 e. The molecule has 6 rings (SSSR count). The summed E-state index contributed by atoms with van der Waals surface area (Å²) in [6, 6.07) is 12.1. The van der Waals surface area contributed by atoms with E-state index < -0.39 is 91.2 Å². The molecular formula is C52H52F10O3. The van der Waals surface area contributed by atoms with Gasteiger partial charge in [0, 0.05) is 22.3 Å². The number of unbranched alkanes of at least 4 members (excludes halogenated alkanes) is 8. The van der Waals surface area contributed by atoms with Gasteiger partial charge in [-0.25, -0.2) is 30.7 Å². The van der Waals surface area contributed by atoms with Crippen LogP contribution in [0.25, 0.3) is 43.8 Å². The quantitative estimate of drug-likeness (QED) is 0.0473. The molecule has 65 heavy (non-hydrogen) atoms. The third-order valence-corrected chi connectivity index (χ3v) is 12.0. The molecule has 0 heterocycles. The molecule has 0 N–H and O–H groups in total. The molecule has 0 saturated heterocycles. The molecule has 1 atom stereocenters. The fraction of sp³-hybridized carbons (Fsp3) is 0.385. The Kier molecular flexibility index (Phi) is 17.1. The van der Waals surface area contributed by atoms with Crippen LogP contribution in [-0.2, 0) is 0 Å². The van der Waals surface area contributed by atoms with Gasteiger partial charge in [-0.05, 0) is 85.3 Å². The molecule has 0 aliphatic rings. The highest BCUT2D eigenvalue weighted by Crippen LogP contribution is 2.39. The van der Waals surface area contributed by atoms with E-state index in [4.69, 9.17) is 14.2 Å². The minimum atomic E-state index is -1.48. The number of halogens is 10. The average molecular weight is 915 g/mol. The van der Waals surface area contributed by atoms with Crippen LogP contribution in [-0.4, -0.2) is 19.8 Å². The molecule has 0 fully saturated rings. The van der Waals surface area contributed by atoms with Gasteiger partial charge in [0.25, 0.3) is 0 Å². The van der Waals surface area contributed by atoms with E-state index in [1.54, 1.807) is 6.92 Å². The predicted octanol–water partition coefficient (Wildman–Crippen LogP) is 16.6. The molecule has 0 amide bonds. The van der Waals surface area contributed by atoms with Crippen molar-refractivity contribution in [1.29, 1.82) is 0 Å². The van der Waals surface area contributed by atoms with E-state index in [0.717, 1.165) is 88.8 Å². The van der Waals surface area contributed by atoms with Crippen molar-refractivity contribution in [3.8, 4) is 39.5 Å². The molecular weight excluding hydrogens is 863 g/mol. The van der Waals surface area contributed by atoms with Crippen molar-refractivity contribution >= 4 is 21.5 Å². The van der Waals surface area contributed by atoms with Crippen LogP contribution in [0.15, 0.2) is 60.7 Å². The van der Waals surface area contributed by atoms with Gasteiger partial charge in [-0.15, -0.1) is 0 Å². The lowest BCUT2D eigenvalue weighted by Gasteiger charge is -2.15. The molecule has 1 unspecified atom stereocenters. The number of hydrogen-bond acceptors (Lipinski definition) is 3. The highest BCUT2D eigenvalue weighted by molar-refractivity contribution is 5.91. The second kappa shape index (κ2) is 22.6. The van der Waals surface area contributed by atoms with Crippen LogP contribution in [0, 0.1) is 71.0 Å². The second-order valence-corrected chi connectivity index (χ2v) is 16.4. The Morgan fingerprint density at radius 3 is 1.26 bits per heavy atom. The van der Waals surface area contributed by atoms with Crippen LogP contribution >= 0.6 is 0 Å². The highest BCUT2D eigenvalue weighted by atomic mass is 19.2. The van der Waals surface area contributed by atoms with Crippen LogP contribution in [0.2, 0.25) is 0 Å². The zero-order chi connectivity index (χ0) is 46.8. The van der Waals surface area contributed by atoms with E-state index in [1.165, 1.54) is 49.4 Å². The van der Waals surface area contributed by atoms with E-state index in [2.05, 4.69) is 6.92 Å². The fourth-order valence-electron chi connectivity index (χ4n) is 8.30. The lowest BCUT2D eigenvalue weighted by atomic mass is 9.92. The first-order valence-corrected chi connectivity index (χ1v) is 22.3. The van der Waals surface area contributed by atoms with Gasteiger partial charge in [0.1, 0.15) is 11.6 Å². The summed E-state index contributed by atoms with van der Waals surface area (Å²) in [4.78, 5) is 0. The molecule has 0 aromatic heterocycles. The zero-order valence-electron chi connectivity index (χ0n) is 36.7. The Balaban J connectivity index is 0.842. The number of rotatable bonds is 23. The number of benzene rings is 6. The maximum absolute atomic E-state index is 15.4. The molecule has 0 aliphatic heterocycles. The van der Waals surface area contributed by atoms with Crippen molar-refractivity contribution in [2.75, 3.05) is 19.8 Å². The third-order valence-electron chi connectivity index (χ3n) is 12.0. The van der Waals surface area contributed by atoms with Gasteiger partial charge in [0.2, 0.25) is 17.5 Å². The Labute approximate surface area is 372 Å². The van der Waals surface area contributed by atoms with Crippen molar-refractivity contribution in [3.63, 3.8) is 0 Å². The van der Waals surface area contributed by atoms with Gasteiger partial charge < -0.3 is 14.2 Å². The molecule has 6 aromatic rings. The summed E-state index contributed by atoms with van der Waals surface area (Å²) in [5.41, 5.74) is -1.70. The molecule has 0 spiro atoms. The van der Waals surface area contributed by atoms with Crippen LogP contribution in [0.1, 0.15) is 103 Å². The Morgan fingerprint density at radius 2 is 0.785 bits per heavy atom. The van der Waals surface area contributed by atoms with E-state index in [9.17, 15) is 22.0 Å². The Morgan fingerprint density at radius 1 is 0.385 bits per heavy atom. The van der Waals surface area contributed by atoms with Crippen molar-refractivity contribution in [2.24, 2.45) is 5.92 Å². The third kappa shape index (κ3) is 11.2. The summed E-state index contributed by atoms with van der Waals surface area (Å²) in [6.07, 6.45) is 12.3. The molecule has 13 heteroatoms. The van der Waals surface area contributed by atoms with E-state index >= 15 is 22.0 Å². The number of hydrogen-bond donors (Lipinski definition) is 0. The molecule has 0 aliphatic carbocycles. The van der Waals surface area contributed by atoms with Gasteiger partial charge >= 0.3 is 0 Å². The minimum absolute atomic E-state index is 0.00143. The highest BCUT2D eigenvalue weighted by Gasteiger charge is 2.25. The van der Waals surface area contributed by atoms with Crippen LogP contribution < -0.4 is 14.2 Å². The lowest BCUT2D eigenvalue weighted by molar-refractivity contribution is 0.284. The summed E-state index contributed by atoms with van der Waals surface area (Å²) in [5, 5.41) is -1.21. The standard InChI is InChI=1S/C52H52F10O3/c1-4-31(16-12-8-6-10-14-26-64-38-24-22-36(46(56)48(38)58)34-20-18-32-28-30(3)43(53)51(61)41(32)44(34)54)17-13-9-7-11-15-27-65-39-25-23-37(47(57)49(39)59)35-21-19-33-29-40(63-5-2)50(60)52(62)42(33)45(35)55/h18-25,28-29,31H,4-17,26-27H2,1-3H3. The summed E-state index contributed by atoms with van der Waals surface area (Å²) in [6.45, 7) is 5.50. The number of fused-ring (bicyclic) bond motifs is 2. The Hall–Kier alpha value is -5.46. The topological polar surface area (TPSA) is 27.7 Å². The molecule has 0 bridgehead atoms. The monoisotopic (exact) mass is 914 g/mol. The maximum Gasteiger partial charge on any atom is 0.201 e. The predicted molar refractivity (Wildman–Crippen MR) is 234 cm³/mol. The normalized spacial score (nSPS) is 12.1. The van der Waals surface area contributed by atoms with E-state index in [1.807, 2.05) is 0 Å². The SMILES string of the molecule is CCOc1cc2ccc(-c3ccc(OCCCCCCCC(CC)CCCCCCCOc4ccc(-c5ccc6cc(C)c(F)c(F)c6c5F)c(F)c4F)c(F)c3F)c(F)c2c(F)c1F. The van der Waals surface area contributed by atoms with E-state index in [0.29, 0.717) is 18.8 Å². The molecule has 0 saturated carbocycles. The van der Waals surface area contributed by atoms with Crippen LogP contribution in [0.3, 0.4) is 0 Å². The Bertz CT molecular complexity index is 2610. The first kappa shape index (κ1) is 49.0. The van der Waals surface area contributed by atoms with Gasteiger partial charge in [-0.3, -0.25) is 0 Å². The smallest absolute Gasteiger partial charge is 0.201 e. The van der Waals surface area contributed by atoms with Crippen LogP contribution in [0.5, 0.6) is 17.2 Å². The fourth-order valence-corrected chi connectivity index (χ4v) is 8.30. The first-order valence-electron chi connectivity index (χ1n) is 22.3. The minimum Gasteiger partial charge on any atom is -0.491 e. The zero-order valence-corrected chi connectivity index (χ0v) is 36.7. The van der Waals surface area contributed by atoms with E-state index in [-0.39, 0.29) is 53.4 Å². The van der Waals surface area contributed by atoms with Gasteiger partial charge in [-0.1, -0.05) is 102 Å².